The van der Waals surface area contributed by atoms with Crippen LogP contribution in [-0.4, -0.2) is 10.3 Å². The molecule has 0 aromatic carbocycles. The zero-order valence-electron chi connectivity index (χ0n) is 5.51. The smallest absolute Gasteiger partial charge is 0.291 e. The first-order valence-corrected chi connectivity index (χ1v) is 0.565. The molecule has 0 aliphatic rings. The van der Waals surface area contributed by atoms with E-state index in [1.807, 2.05) is 0 Å². The van der Waals surface area contributed by atoms with Gasteiger partial charge in [-0.2, -0.15) is 0 Å². The van der Waals surface area contributed by atoms with Gasteiger partial charge >= 0.3 is 0 Å². The first kappa shape index (κ1) is 154. The van der Waals surface area contributed by atoms with E-state index in [4.69, 9.17) is 15.3 Å². The average Bonchev–Trinajstić information content (AvgIpc) is 0.811. The molecule has 0 atom stereocenters. The Labute approximate surface area is 74.9 Å². The van der Waals surface area contributed by atoms with Crippen molar-refractivity contribution in [3.63, 3.8) is 0 Å². The van der Waals surface area contributed by atoms with Crippen molar-refractivity contribution in [1.29, 1.82) is 0 Å². The molecular weight excluding hydrogens is 205 g/mol. The Morgan fingerprint density at radius 3 is 0.909 bits per heavy atom. The summed E-state index contributed by atoms with van der Waals surface area (Å²) in [5, 5.41) is 13.6. The molecule has 0 saturated heterocycles. The molecule has 1 radical (unpaired) electrons. The van der Waals surface area contributed by atoms with E-state index >= 15 is 0 Å². The molecule has 0 aliphatic carbocycles. The minimum Gasteiger partial charge on any atom is -0.693 e. The predicted octanol–water partition coefficient (Wildman–Crippen LogP) is 3.95. The van der Waals surface area contributed by atoms with Crippen LogP contribution < -0.4 is 0 Å². The van der Waals surface area contributed by atoms with E-state index in [2.05, 4.69) is 0 Å². The zero-order valence-corrected chi connectivity index (χ0v) is 6.55. The van der Waals surface area contributed by atoms with Gasteiger partial charge in [-0.25, -0.2) is 0 Å². The fraction of sp³-hybridized carbons (Fsp3) is 0. The van der Waals surface area contributed by atoms with Gasteiger partial charge < -0.3 is 42.1 Å². The molecule has 0 amide bonds. The Hall–Kier alpha value is -0.534. The molecule has 11 heteroatoms. The third-order valence-corrected chi connectivity index (χ3v) is 0. The molecule has 0 saturated carbocycles. The molecule has 0 unspecified atom stereocenters. The van der Waals surface area contributed by atoms with E-state index in [9.17, 15) is 0 Å². The van der Waals surface area contributed by atoms with Crippen LogP contribution in [0.5, 0.6) is 0 Å². The summed E-state index contributed by atoms with van der Waals surface area (Å²) in [6.45, 7) is 0. The zero-order chi connectivity index (χ0) is 3.58. The van der Waals surface area contributed by atoms with E-state index < -0.39 is 5.09 Å². The van der Waals surface area contributed by atoms with Crippen molar-refractivity contribution in [3.8, 4) is 0 Å². The summed E-state index contributed by atoms with van der Waals surface area (Å²) in [7, 11) is 0. The largest absolute Gasteiger partial charge is 0.693 e. The van der Waals surface area contributed by atoms with Crippen LogP contribution in [-0.2, 0) is 16.8 Å². The van der Waals surface area contributed by atoms with Gasteiger partial charge in [0.1, 0.15) is 0 Å². The molecule has 0 aromatic heterocycles. The molecule has 11 heavy (non-hydrogen) atoms. The van der Waals surface area contributed by atoms with Crippen LogP contribution in [0.15, 0.2) is 0 Å². The molecule has 0 rings (SSSR count). The SMILES string of the molecule is O=[N+]([O-])O.[Co].[NH2-].[NH2-].[NH2-].[NH2-].[NH2-].[NH2-]. The fourth-order valence-corrected chi connectivity index (χ4v) is 0. The Bertz CT molecular complexity index is 36.7. The Morgan fingerprint density at radius 1 is 0.909 bits per heavy atom. The van der Waals surface area contributed by atoms with Crippen LogP contribution in [0.4, 0.5) is 0 Å². The molecule has 0 aliphatic heterocycles. The molecule has 81 valence electrons. The van der Waals surface area contributed by atoms with Crippen LogP contribution in [0.1, 0.15) is 0 Å². The molecule has 0 bridgehead atoms. The van der Waals surface area contributed by atoms with E-state index in [0.29, 0.717) is 0 Å². The minimum atomic E-state index is -1.50. The molecule has 13 N–H and O–H groups in total. The molecule has 10 nitrogen and oxygen atoms in total. The van der Waals surface area contributed by atoms with Crippen LogP contribution in [0.25, 0.3) is 36.9 Å². The summed E-state index contributed by atoms with van der Waals surface area (Å²) in [5.41, 5.74) is 0. The van der Waals surface area contributed by atoms with Crippen molar-refractivity contribution in [2.24, 2.45) is 0 Å². The van der Waals surface area contributed by atoms with Crippen molar-refractivity contribution in [3.05, 3.63) is 47.0 Å². The normalized spacial score (nSPS) is 2.18. The maximum atomic E-state index is 8.36. The number of nitrogens with zero attached hydrogens (tertiary/aromatic N) is 1. The number of rotatable bonds is 0. The number of nitrogens with two attached hydrogens (primary N) is 6. The Balaban J connectivity index is -0.00000000214. The van der Waals surface area contributed by atoms with Gasteiger partial charge in [-0.15, -0.1) is 10.1 Å². The monoisotopic (exact) mass is 218 g/mol. The van der Waals surface area contributed by atoms with E-state index in [1.54, 1.807) is 0 Å². The van der Waals surface area contributed by atoms with Gasteiger partial charge in [0.05, 0.1) is 0 Å². The molecule has 0 spiro atoms. The first-order chi connectivity index (χ1) is 1.73. The van der Waals surface area contributed by atoms with Gasteiger partial charge in [0, 0.05) is 16.8 Å². The summed E-state index contributed by atoms with van der Waals surface area (Å²) in [6, 6.07) is 0. The summed E-state index contributed by atoms with van der Waals surface area (Å²) >= 11 is 0. The second-order valence-electron chi connectivity index (χ2n) is 0.238. The Morgan fingerprint density at radius 2 is 0.909 bits per heavy atom. The summed E-state index contributed by atoms with van der Waals surface area (Å²) in [4.78, 5) is 8.36. The van der Waals surface area contributed by atoms with Gasteiger partial charge in [0.25, 0.3) is 5.09 Å². The predicted molar refractivity (Wildman–Crippen MR) is 40.5 cm³/mol. The van der Waals surface area contributed by atoms with Crippen LogP contribution in [0.3, 0.4) is 0 Å². The van der Waals surface area contributed by atoms with Crippen molar-refractivity contribution in [1.82, 2.24) is 0 Å². The van der Waals surface area contributed by atoms with E-state index in [0.717, 1.165) is 0 Å². The summed E-state index contributed by atoms with van der Waals surface area (Å²) in [6.07, 6.45) is 0. The van der Waals surface area contributed by atoms with E-state index in [-0.39, 0.29) is 53.7 Å². The van der Waals surface area contributed by atoms with Crippen LogP contribution in [0.2, 0.25) is 0 Å². The average molecular weight is 218 g/mol. The molecule has 0 heterocycles. The first-order valence-electron chi connectivity index (χ1n) is 0.565. The van der Waals surface area contributed by atoms with Gasteiger partial charge in [0.2, 0.25) is 0 Å². The van der Waals surface area contributed by atoms with Crippen molar-refractivity contribution in [2.45, 2.75) is 0 Å². The summed E-state index contributed by atoms with van der Waals surface area (Å²) in [5.74, 6) is 0. The third-order valence-electron chi connectivity index (χ3n) is 0. The van der Waals surface area contributed by atoms with Crippen molar-refractivity contribution >= 4 is 0 Å². The molecule has 0 fully saturated rings. The second-order valence-corrected chi connectivity index (χ2v) is 0.238. The molecule has 0 aromatic rings. The topological polar surface area (TPSA) is 264 Å². The van der Waals surface area contributed by atoms with Crippen molar-refractivity contribution in [2.75, 3.05) is 0 Å². The van der Waals surface area contributed by atoms with Gasteiger partial charge in [0.15, 0.2) is 0 Å². The van der Waals surface area contributed by atoms with Crippen LogP contribution in [0, 0.1) is 10.1 Å². The fourth-order valence-electron chi connectivity index (χ4n) is 0. The molecular formula is H13CoN7O3-6. The second kappa shape index (κ2) is 112. The van der Waals surface area contributed by atoms with Crippen molar-refractivity contribution < 1.29 is 27.1 Å². The minimum absolute atomic E-state index is 0. The quantitative estimate of drug-likeness (QED) is 0.466. The van der Waals surface area contributed by atoms with Gasteiger partial charge in [-0.3, -0.25) is 0 Å². The standard InChI is InChI=1S/Co.HNO3.6H2N/c;2-1(3)4;;;;;;/h;(H,2,3,4);6*1H2/q;;6*-1. The van der Waals surface area contributed by atoms with Gasteiger partial charge in [-0.1, -0.05) is 0 Å². The van der Waals surface area contributed by atoms with Gasteiger partial charge in [-0.05, 0) is 0 Å². The third kappa shape index (κ3) is 1850. The van der Waals surface area contributed by atoms with E-state index in [1.165, 1.54) is 0 Å². The van der Waals surface area contributed by atoms with Crippen LogP contribution >= 0.6 is 0 Å². The number of hydrogen-bond donors (Lipinski definition) is 1. The summed E-state index contributed by atoms with van der Waals surface area (Å²) < 4.78 is 0. The Kier molecular flexibility index (Phi) is 1560. The number of hydrogen-bond acceptors (Lipinski definition) is 2. The maximum Gasteiger partial charge on any atom is 0.291 e. The maximum absolute atomic E-state index is 8.36.